The van der Waals surface area contributed by atoms with E-state index >= 15 is 4.39 Å². The Morgan fingerprint density at radius 3 is 2.54 bits per heavy atom. The van der Waals surface area contributed by atoms with Crippen molar-refractivity contribution in [2.45, 2.75) is 90.1 Å². The SMILES string of the molecule is Cc1ccc(F)c(-c2ccc(COc3ccc4c(c3)[C@]3(CCC4)CC[C@H]3C(=O)O)cc2[C@@H]2CCCC2(C)C)c1. The van der Waals surface area contributed by atoms with Gasteiger partial charge >= 0.3 is 5.97 Å². The molecular formula is C35H39FO3. The molecule has 0 unspecified atom stereocenters. The number of aryl methyl sites for hydroxylation is 2. The first-order valence-electron chi connectivity index (χ1n) is 14.6. The third-order valence-corrected chi connectivity index (χ3v) is 10.1. The Morgan fingerprint density at radius 2 is 1.82 bits per heavy atom. The van der Waals surface area contributed by atoms with Crippen molar-refractivity contribution in [3.8, 4) is 16.9 Å². The van der Waals surface area contributed by atoms with Crippen molar-refractivity contribution in [3.63, 3.8) is 0 Å². The molecule has 0 aromatic heterocycles. The van der Waals surface area contributed by atoms with Gasteiger partial charge in [-0.15, -0.1) is 0 Å². The van der Waals surface area contributed by atoms with Crippen molar-refractivity contribution in [2.24, 2.45) is 11.3 Å². The Balaban J connectivity index is 1.31. The van der Waals surface area contributed by atoms with E-state index in [1.54, 1.807) is 6.07 Å². The van der Waals surface area contributed by atoms with Gasteiger partial charge in [0.15, 0.2) is 0 Å². The predicted octanol–water partition coefficient (Wildman–Crippen LogP) is 8.74. The number of carbonyl (C=O) groups is 1. The van der Waals surface area contributed by atoms with E-state index < -0.39 is 5.97 Å². The van der Waals surface area contributed by atoms with Crippen LogP contribution in [0.4, 0.5) is 4.39 Å². The normalized spacial score (nSPS) is 25.2. The zero-order chi connectivity index (χ0) is 27.4. The minimum absolute atomic E-state index is 0.158. The van der Waals surface area contributed by atoms with Gasteiger partial charge < -0.3 is 9.84 Å². The Morgan fingerprint density at radius 1 is 0.974 bits per heavy atom. The van der Waals surface area contributed by atoms with Crippen LogP contribution in [0.2, 0.25) is 0 Å². The lowest BCUT2D eigenvalue weighted by atomic mass is 9.52. The van der Waals surface area contributed by atoms with Crippen LogP contribution in [0.5, 0.6) is 5.75 Å². The molecule has 0 aliphatic heterocycles. The summed E-state index contributed by atoms with van der Waals surface area (Å²) in [4.78, 5) is 12.0. The van der Waals surface area contributed by atoms with E-state index in [-0.39, 0.29) is 22.6 Å². The van der Waals surface area contributed by atoms with Gasteiger partial charge in [-0.2, -0.15) is 0 Å². The van der Waals surface area contributed by atoms with E-state index in [9.17, 15) is 9.90 Å². The Labute approximate surface area is 231 Å². The number of benzene rings is 3. The highest BCUT2D eigenvalue weighted by molar-refractivity contribution is 5.75. The molecule has 3 atom stereocenters. The minimum atomic E-state index is -0.673. The molecule has 204 valence electrons. The topological polar surface area (TPSA) is 46.5 Å². The molecule has 2 fully saturated rings. The predicted molar refractivity (Wildman–Crippen MR) is 153 cm³/mol. The van der Waals surface area contributed by atoms with Crippen LogP contribution in [0.3, 0.4) is 0 Å². The van der Waals surface area contributed by atoms with Crippen LogP contribution in [0, 0.1) is 24.1 Å². The third-order valence-electron chi connectivity index (χ3n) is 10.1. The van der Waals surface area contributed by atoms with Gasteiger partial charge in [0, 0.05) is 11.0 Å². The fourth-order valence-electron chi connectivity index (χ4n) is 7.83. The first-order chi connectivity index (χ1) is 18.7. The summed E-state index contributed by atoms with van der Waals surface area (Å²) in [6.07, 6.45) is 8.15. The average molecular weight is 527 g/mol. The maximum absolute atomic E-state index is 15.0. The highest BCUT2D eigenvalue weighted by Gasteiger charge is 2.53. The standard InChI is InChI=1S/C35H39FO3/c1-22-8-13-32(36)28(18-22)26-12-9-23(19-27(26)29-7-5-15-34(29,2)3)21-39-25-11-10-24-6-4-16-35(31(24)20-25)17-14-30(35)33(37)38/h8-13,18-20,29-30H,4-7,14-17,21H2,1-3H3,(H,37,38)/t29-,30-,35+/m0/s1. The van der Waals surface area contributed by atoms with E-state index in [0.29, 0.717) is 18.1 Å². The first-order valence-corrected chi connectivity index (χ1v) is 14.6. The van der Waals surface area contributed by atoms with Crippen molar-refractivity contribution in [1.82, 2.24) is 0 Å². The zero-order valence-corrected chi connectivity index (χ0v) is 23.4. The molecule has 1 spiro atoms. The van der Waals surface area contributed by atoms with Gasteiger partial charge in [-0.05, 0) is 115 Å². The van der Waals surface area contributed by atoms with Crippen LogP contribution in [0.15, 0.2) is 54.6 Å². The van der Waals surface area contributed by atoms with Crippen LogP contribution >= 0.6 is 0 Å². The molecule has 1 N–H and O–H groups in total. The summed E-state index contributed by atoms with van der Waals surface area (Å²) in [5.41, 5.74) is 7.38. The van der Waals surface area contributed by atoms with Crippen LogP contribution in [-0.2, 0) is 23.2 Å². The number of hydrogen-bond acceptors (Lipinski definition) is 2. The molecule has 0 saturated heterocycles. The molecule has 0 heterocycles. The lowest BCUT2D eigenvalue weighted by molar-refractivity contribution is -0.150. The van der Waals surface area contributed by atoms with Gasteiger partial charge in [0.2, 0.25) is 0 Å². The third kappa shape index (κ3) is 4.56. The quantitative estimate of drug-likeness (QED) is 0.349. The van der Waals surface area contributed by atoms with Crippen LogP contribution < -0.4 is 4.74 Å². The summed E-state index contributed by atoms with van der Waals surface area (Å²) >= 11 is 0. The molecule has 3 aliphatic rings. The maximum Gasteiger partial charge on any atom is 0.307 e. The summed E-state index contributed by atoms with van der Waals surface area (Å²) < 4.78 is 21.4. The zero-order valence-electron chi connectivity index (χ0n) is 23.4. The molecule has 0 radical (unpaired) electrons. The van der Waals surface area contributed by atoms with Crippen molar-refractivity contribution < 1.29 is 19.0 Å². The van der Waals surface area contributed by atoms with E-state index in [4.69, 9.17) is 4.74 Å². The molecule has 2 saturated carbocycles. The summed E-state index contributed by atoms with van der Waals surface area (Å²) in [6.45, 7) is 7.09. The second-order valence-electron chi connectivity index (χ2n) is 12.9. The molecular weight excluding hydrogens is 487 g/mol. The Bertz CT molecular complexity index is 1420. The highest BCUT2D eigenvalue weighted by atomic mass is 19.1. The van der Waals surface area contributed by atoms with Crippen molar-refractivity contribution in [1.29, 1.82) is 0 Å². The van der Waals surface area contributed by atoms with Gasteiger partial charge in [0.1, 0.15) is 18.2 Å². The minimum Gasteiger partial charge on any atom is -0.489 e. The van der Waals surface area contributed by atoms with Crippen LogP contribution in [0.1, 0.15) is 92.5 Å². The van der Waals surface area contributed by atoms with E-state index in [0.717, 1.165) is 61.0 Å². The van der Waals surface area contributed by atoms with E-state index in [1.165, 1.54) is 29.5 Å². The number of ether oxygens (including phenoxy) is 1. The molecule has 3 nitrogen and oxygen atoms in total. The Kier molecular flexibility index (Phi) is 6.56. The number of fused-ring (bicyclic) bond motifs is 2. The molecule has 0 amide bonds. The van der Waals surface area contributed by atoms with Crippen molar-refractivity contribution >= 4 is 5.97 Å². The van der Waals surface area contributed by atoms with Gasteiger partial charge in [0.25, 0.3) is 0 Å². The second-order valence-corrected chi connectivity index (χ2v) is 12.9. The fraction of sp³-hybridized carbons (Fsp3) is 0.457. The monoisotopic (exact) mass is 526 g/mol. The summed E-state index contributed by atoms with van der Waals surface area (Å²) in [5, 5.41) is 9.83. The largest absolute Gasteiger partial charge is 0.489 e. The van der Waals surface area contributed by atoms with Crippen LogP contribution in [-0.4, -0.2) is 11.1 Å². The number of halogens is 1. The van der Waals surface area contributed by atoms with Gasteiger partial charge in [-0.1, -0.05) is 56.2 Å². The van der Waals surface area contributed by atoms with E-state index in [2.05, 4.69) is 44.2 Å². The number of rotatable bonds is 6. The number of aliphatic carboxylic acids is 1. The van der Waals surface area contributed by atoms with Gasteiger partial charge in [-0.25, -0.2) is 4.39 Å². The van der Waals surface area contributed by atoms with Gasteiger partial charge in [-0.3, -0.25) is 4.79 Å². The molecule has 0 bridgehead atoms. The van der Waals surface area contributed by atoms with Gasteiger partial charge in [0.05, 0.1) is 5.92 Å². The average Bonchev–Trinajstić information content (AvgIpc) is 3.26. The fourth-order valence-corrected chi connectivity index (χ4v) is 7.83. The van der Waals surface area contributed by atoms with Crippen molar-refractivity contribution in [2.75, 3.05) is 0 Å². The first kappa shape index (κ1) is 26.1. The molecule has 3 aromatic carbocycles. The molecule has 3 aliphatic carbocycles. The number of hydrogen-bond donors (Lipinski definition) is 1. The molecule has 4 heteroatoms. The second kappa shape index (κ2) is 9.80. The van der Waals surface area contributed by atoms with E-state index in [1.807, 2.05) is 25.1 Å². The lowest BCUT2D eigenvalue weighted by Gasteiger charge is -2.51. The Hall–Kier alpha value is -3.14. The van der Waals surface area contributed by atoms with Crippen molar-refractivity contribution in [3.05, 3.63) is 88.2 Å². The summed E-state index contributed by atoms with van der Waals surface area (Å²) in [5.74, 6) is 0.0112. The molecule has 39 heavy (non-hydrogen) atoms. The summed E-state index contributed by atoms with van der Waals surface area (Å²) in [7, 11) is 0. The molecule has 6 rings (SSSR count). The highest BCUT2D eigenvalue weighted by Crippen LogP contribution is 2.56. The smallest absolute Gasteiger partial charge is 0.307 e. The lowest BCUT2D eigenvalue weighted by Crippen LogP contribution is -2.50. The number of carboxylic acids is 1. The number of carboxylic acid groups (broad SMARTS) is 1. The maximum atomic E-state index is 15.0. The van der Waals surface area contributed by atoms with Crippen LogP contribution in [0.25, 0.3) is 11.1 Å². The molecule has 3 aromatic rings. The summed E-state index contributed by atoms with van der Waals surface area (Å²) in [6, 6.07) is 18.0.